The van der Waals surface area contributed by atoms with E-state index in [4.69, 9.17) is 0 Å². The summed E-state index contributed by atoms with van der Waals surface area (Å²) in [6.45, 7) is 5.08. The van der Waals surface area contributed by atoms with Crippen molar-refractivity contribution in [1.29, 1.82) is 0 Å². The third kappa shape index (κ3) is 2.50. The number of nitrogens with zero attached hydrogens (tertiary/aromatic N) is 2. The number of aliphatic hydroxyl groups excluding tert-OH is 1. The first kappa shape index (κ1) is 11.6. The van der Waals surface area contributed by atoms with Crippen molar-refractivity contribution in [1.82, 2.24) is 4.98 Å². The zero-order valence-corrected chi connectivity index (χ0v) is 8.97. The molecule has 0 aromatic carbocycles. The van der Waals surface area contributed by atoms with E-state index >= 15 is 0 Å². The van der Waals surface area contributed by atoms with Gasteiger partial charge in [-0.15, -0.1) is 0 Å². The Labute approximate surface area is 87.9 Å². The van der Waals surface area contributed by atoms with Crippen molar-refractivity contribution < 1.29 is 10.0 Å². The highest BCUT2D eigenvalue weighted by Crippen LogP contribution is 2.26. The van der Waals surface area contributed by atoms with E-state index in [1.165, 1.54) is 6.07 Å². The van der Waals surface area contributed by atoms with Crippen LogP contribution in [0.25, 0.3) is 0 Å². The summed E-state index contributed by atoms with van der Waals surface area (Å²) in [6.07, 6.45) is -0.655. The lowest BCUT2D eigenvalue weighted by Crippen LogP contribution is -2.14. The van der Waals surface area contributed by atoms with Gasteiger partial charge in [0, 0.05) is 17.7 Å². The third-order valence-corrected chi connectivity index (χ3v) is 2.39. The first-order valence-electron chi connectivity index (χ1n) is 4.73. The van der Waals surface area contributed by atoms with Gasteiger partial charge in [0.25, 0.3) is 5.69 Å². The molecule has 1 N–H and O–H groups in total. The fraction of sp³-hybridized carbons (Fsp3) is 0.500. The Kier molecular flexibility index (Phi) is 3.36. The van der Waals surface area contributed by atoms with Crippen molar-refractivity contribution >= 4 is 5.69 Å². The summed E-state index contributed by atoms with van der Waals surface area (Å²) in [6, 6.07) is 3.02. The number of pyridine rings is 1. The second-order valence-corrected chi connectivity index (χ2v) is 3.64. The second-order valence-electron chi connectivity index (χ2n) is 3.64. The molecule has 0 aliphatic heterocycles. The van der Waals surface area contributed by atoms with Gasteiger partial charge in [-0.25, -0.2) is 0 Å². The van der Waals surface area contributed by atoms with Gasteiger partial charge in [0.2, 0.25) is 0 Å². The molecule has 0 aliphatic rings. The van der Waals surface area contributed by atoms with Crippen LogP contribution in [-0.2, 0) is 0 Å². The molecule has 0 saturated heterocycles. The predicted octanol–water partition coefficient (Wildman–Crippen LogP) is 1.78. The van der Waals surface area contributed by atoms with Crippen LogP contribution in [0.4, 0.5) is 5.69 Å². The van der Waals surface area contributed by atoms with Gasteiger partial charge >= 0.3 is 0 Å². The van der Waals surface area contributed by atoms with Gasteiger partial charge in [-0.05, 0) is 19.9 Å². The Morgan fingerprint density at radius 3 is 2.53 bits per heavy atom. The van der Waals surface area contributed by atoms with Crippen LogP contribution in [0.5, 0.6) is 0 Å². The molecule has 0 fully saturated rings. The van der Waals surface area contributed by atoms with Gasteiger partial charge in [-0.3, -0.25) is 15.1 Å². The average Bonchev–Trinajstić information content (AvgIpc) is 2.15. The van der Waals surface area contributed by atoms with E-state index in [9.17, 15) is 15.2 Å². The molecule has 5 nitrogen and oxygen atoms in total. The maximum Gasteiger partial charge on any atom is 0.291 e. The molecule has 1 aromatic rings. The van der Waals surface area contributed by atoms with Crippen molar-refractivity contribution in [3.05, 3.63) is 33.6 Å². The van der Waals surface area contributed by atoms with E-state index < -0.39 is 11.0 Å². The molecule has 0 spiro atoms. The van der Waals surface area contributed by atoms with Gasteiger partial charge in [-0.1, -0.05) is 6.92 Å². The molecule has 1 heterocycles. The highest BCUT2D eigenvalue weighted by atomic mass is 16.6. The average molecular weight is 210 g/mol. The first-order chi connectivity index (χ1) is 6.93. The Morgan fingerprint density at radius 1 is 1.47 bits per heavy atom. The number of aliphatic hydroxyl groups is 1. The van der Waals surface area contributed by atoms with E-state index in [1.807, 2.05) is 0 Å². The lowest BCUT2D eigenvalue weighted by molar-refractivity contribution is -0.386. The molecule has 0 bridgehead atoms. The second kappa shape index (κ2) is 4.35. The van der Waals surface area contributed by atoms with Crippen molar-refractivity contribution in [2.45, 2.75) is 32.8 Å². The topological polar surface area (TPSA) is 76.3 Å². The fourth-order valence-corrected chi connectivity index (χ4v) is 1.29. The summed E-state index contributed by atoms with van der Waals surface area (Å²) >= 11 is 0. The lowest BCUT2D eigenvalue weighted by Gasteiger charge is -2.14. The lowest BCUT2D eigenvalue weighted by atomic mass is 10.00. The molecule has 1 rings (SSSR count). The molecule has 0 aliphatic carbocycles. The molecule has 15 heavy (non-hydrogen) atoms. The van der Waals surface area contributed by atoms with Gasteiger partial charge in [-0.2, -0.15) is 0 Å². The highest BCUT2D eigenvalue weighted by molar-refractivity contribution is 5.38. The van der Waals surface area contributed by atoms with Crippen molar-refractivity contribution in [2.24, 2.45) is 0 Å². The largest absolute Gasteiger partial charge is 0.393 e. The SMILES string of the molecule is Cc1ccc([N+](=O)[O-])c(C(C)C(C)O)n1. The minimum absolute atomic E-state index is 0.0333. The van der Waals surface area contributed by atoms with Crippen LogP contribution >= 0.6 is 0 Å². The van der Waals surface area contributed by atoms with Crippen LogP contribution in [0, 0.1) is 17.0 Å². The third-order valence-electron chi connectivity index (χ3n) is 2.39. The normalized spacial score (nSPS) is 14.7. The smallest absolute Gasteiger partial charge is 0.291 e. The zero-order chi connectivity index (χ0) is 11.6. The summed E-state index contributed by atoms with van der Waals surface area (Å²) < 4.78 is 0. The van der Waals surface area contributed by atoms with Crippen LogP contribution in [0.1, 0.15) is 31.2 Å². The summed E-state index contributed by atoms with van der Waals surface area (Å²) in [4.78, 5) is 14.4. The van der Waals surface area contributed by atoms with E-state index in [2.05, 4.69) is 4.98 Å². The molecular weight excluding hydrogens is 196 g/mol. The van der Waals surface area contributed by atoms with Gasteiger partial charge < -0.3 is 5.11 Å². The maximum absolute atomic E-state index is 10.7. The summed E-state index contributed by atoms with van der Waals surface area (Å²) in [5.41, 5.74) is 1.02. The van der Waals surface area contributed by atoms with Gasteiger partial charge in [0.05, 0.1) is 11.0 Å². The number of aromatic nitrogens is 1. The molecule has 2 atom stereocenters. The van der Waals surface area contributed by atoms with Crippen LogP contribution in [0.2, 0.25) is 0 Å². The van der Waals surface area contributed by atoms with Crippen molar-refractivity contribution in [2.75, 3.05) is 0 Å². The predicted molar refractivity (Wildman–Crippen MR) is 55.7 cm³/mol. The quantitative estimate of drug-likeness (QED) is 0.609. The Hall–Kier alpha value is -1.49. The molecule has 5 heteroatoms. The molecule has 0 saturated carbocycles. The molecule has 0 amide bonds. The Morgan fingerprint density at radius 2 is 2.07 bits per heavy atom. The first-order valence-corrected chi connectivity index (χ1v) is 4.73. The number of nitro groups is 1. The number of hydrogen-bond donors (Lipinski definition) is 1. The minimum atomic E-state index is -0.655. The molecular formula is C10H14N2O3. The van der Waals surface area contributed by atoms with Crippen LogP contribution in [-0.4, -0.2) is 21.1 Å². The van der Waals surface area contributed by atoms with E-state index in [1.54, 1.807) is 26.8 Å². The zero-order valence-electron chi connectivity index (χ0n) is 8.97. The monoisotopic (exact) mass is 210 g/mol. The summed E-state index contributed by atoms with van der Waals surface area (Å²) in [7, 11) is 0. The Balaban J connectivity index is 3.24. The molecule has 1 aromatic heterocycles. The molecule has 0 radical (unpaired) electrons. The number of rotatable bonds is 3. The Bertz CT molecular complexity index is 377. The van der Waals surface area contributed by atoms with E-state index in [-0.39, 0.29) is 11.6 Å². The van der Waals surface area contributed by atoms with Crippen LogP contribution in [0.15, 0.2) is 12.1 Å². The fourth-order valence-electron chi connectivity index (χ4n) is 1.29. The number of hydrogen-bond acceptors (Lipinski definition) is 4. The standard InChI is InChI=1S/C10H14N2O3/c1-6-4-5-9(12(14)15)10(11-6)7(2)8(3)13/h4-5,7-8,13H,1-3H3. The molecule has 2 unspecified atom stereocenters. The minimum Gasteiger partial charge on any atom is -0.393 e. The highest BCUT2D eigenvalue weighted by Gasteiger charge is 2.23. The van der Waals surface area contributed by atoms with Crippen LogP contribution in [0.3, 0.4) is 0 Å². The van der Waals surface area contributed by atoms with Gasteiger partial charge in [0.1, 0.15) is 5.69 Å². The van der Waals surface area contributed by atoms with Crippen molar-refractivity contribution in [3.63, 3.8) is 0 Å². The van der Waals surface area contributed by atoms with E-state index in [0.717, 1.165) is 0 Å². The summed E-state index contributed by atoms with van der Waals surface area (Å²) in [5, 5.41) is 20.2. The van der Waals surface area contributed by atoms with Crippen LogP contribution < -0.4 is 0 Å². The van der Waals surface area contributed by atoms with E-state index in [0.29, 0.717) is 11.4 Å². The van der Waals surface area contributed by atoms with Gasteiger partial charge in [0.15, 0.2) is 0 Å². The van der Waals surface area contributed by atoms with Crippen molar-refractivity contribution in [3.8, 4) is 0 Å². The maximum atomic E-state index is 10.7. The summed E-state index contributed by atoms with van der Waals surface area (Å²) in [5.74, 6) is -0.342. The molecule has 82 valence electrons. The number of aryl methyl sites for hydroxylation is 1.